The van der Waals surface area contributed by atoms with Gasteiger partial charge >= 0.3 is 11.9 Å². The first kappa shape index (κ1) is 20.5. The molecule has 0 fully saturated rings. The number of nitrogens with one attached hydrogen (secondary N) is 1. The van der Waals surface area contributed by atoms with Crippen LogP contribution in [0.1, 0.15) is 20.3 Å². The predicted octanol–water partition coefficient (Wildman–Crippen LogP) is 2.34. The van der Waals surface area contributed by atoms with E-state index in [0.717, 1.165) is 0 Å². The van der Waals surface area contributed by atoms with Gasteiger partial charge in [0.25, 0.3) is 0 Å². The third-order valence-electron chi connectivity index (χ3n) is 3.98. The zero-order chi connectivity index (χ0) is 19.6. The largest absolute Gasteiger partial charge is 0.490 e. The summed E-state index contributed by atoms with van der Waals surface area (Å²) >= 11 is 0. The van der Waals surface area contributed by atoms with Gasteiger partial charge in [0.2, 0.25) is 0 Å². The number of carbonyl (C=O) groups is 2. The Balaban J connectivity index is 1.85. The van der Waals surface area contributed by atoms with E-state index in [0.29, 0.717) is 34.9 Å². The van der Waals surface area contributed by atoms with Gasteiger partial charge in [0.05, 0.1) is 17.8 Å². The van der Waals surface area contributed by atoms with Crippen LogP contribution in [-0.4, -0.2) is 45.5 Å². The van der Waals surface area contributed by atoms with Gasteiger partial charge < -0.3 is 24.3 Å². The zero-order valence-corrected chi connectivity index (χ0v) is 15.9. The van der Waals surface area contributed by atoms with Crippen molar-refractivity contribution in [3.63, 3.8) is 0 Å². The summed E-state index contributed by atoms with van der Waals surface area (Å²) in [6.07, 6.45) is 0.162. The first-order valence-electron chi connectivity index (χ1n) is 8.70. The summed E-state index contributed by atoms with van der Waals surface area (Å²) in [5, 5.41) is 3.04. The number of hydrogen-bond donors (Lipinski definition) is 1. The van der Waals surface area contributed by atoms with E-state index in [9.17, 15) is 9.59 Å². The Morgan fingerprint density at radius 3 is 2.00 bits per heavy atom. The van der Waals surface area contributed by atoms with E-state index in [1.165, 1.54) is 7.11 Å². The SMILES string of the molecule is COCCOC(=O)C1=C(C)NC(C)=C(C(=O)OCCOc2ccccc2)C1. The van der Waals surface area contributed by atoms with Crippen molar-refractivity contribution in [2.24, 2.45) is 0 Å². The van der Waals surface area contributed by atoms with E-state index in [4.69, 9.17) is 18.9 Å². The van der Waals surface area contributed by atoms with Crippen LogP contribution < -0.4 is 10.1 Å². The predicted molar refractivity (Wildman–Crippen MR) is 98.9 cm³/mol. The van der Waals surface area contributed by atoms with Gasteiger partial charge in [0.15, 0.2) is 0 Å². The smallest absolute Gasteiger partial charge is 0.336 e. The van der Waals surface area contributed by atoms with Gasteiger partial charge in [-0.25, -0.2) is 9.59 Å². The molecule has 0 bridgehead atoms. The molecule has 0 aliphatic carbocycles. The van der Waals surface area contributed by atoms with E-state index in [2.05, 4.69) is 5.32 Å². The monoisotopic (exact) mass is 375 g/mol. The molecule has 27 heavy (non-hydrogen) atoms. The number of allylic oxidation sites excluding steroid dienone is 2. The highest BCUT2D eigenvalue weighted by molar-refractivity contribution is 5.96. The molecule has 0 atom stereocenters. The number of dihydropyridines is 1. The van der Waals surface area contributed by atoms with Crippen molar-refractivity contribution < 1.29 is 28.5 Å². The molecule has 2 rings (SSSR count). The molecule has 1 aliphatic heterocycles. The Kier molecular flexibility index (Phi) is 7.88. The number of hydrogen-bond acceptors (Lipinski definition) is 7. The lowest BCUT2D eigenvalue weighted by Crippen LogP contribution is -2.27. The van der Waals surface area contributed by atoms with E-state index in [-0.39, 0.29) is 26.2 Å². The summed E-state index contributed by atoms with van der Waals surface area (Å²) in [4.78, 5) is 24.6. The maximum absolute atomic E-state index is 12.4. The highest BCUT2D eigenvalue weighted by Crippen LogP contribution is 2.24. The minimum Gasteiger partial charge on any atom is -0.490 e. The maximum atomic E-state index is 12.4. The Hall–Kier alpha value is -2.80. The highest BCUT2D eigenvalue weighted by Gasteiger charge is 2.26. The lowest BCUT2D eigenvalue weighted by atomic mass is 9.98. The first-order chi connectivity index (χ1) is 13.0. The van der Waals surface area contributed by atoms with Crippen molar-refractivity contribution >= 4 is 11.9 Å². The van der Waals surface area contributed by atoms with Gasteiger partial charge in [0.1, 0.15) is 25.6 Å². The molecule has 1 N–H and O–H groups in total. The fraction of sp³-hybridized carbons (Fsp3) is 0.400. The van der Waals surface area contributed by atoms with Crippen molar-refractivity contribution in [2.75, 3.05) is 33.5 Å². The Morgan fingerprint density at radius 2 is 1.44 bits per heavy atom. The summed E-state index contributed by atoms with van der Waals surface area (Å²) in [6, 6.07) is 9.28. The van der Waals surface area contributed by atoms with Crippen LogP contribution in [0, 0.1) is 0 Å². The van der Waals surface area contributed by atoms with Gasteiger partial charge in [0, 0.05) is 24.9 Å². The first-order valence-corrected chi connectivity index (χ1v) is 8.70. The summed E-state index contributed by atoms with van der Waals surface area (Å²) in [6.45, 7) is 4.37. The number of methoxy groups -OCH3 is 1. The number of rotatable bonds is 9. The summed E-state index contributed by atoms with van der Waals surface area (Å²) in [5.74, 6) is -0.239. The third kappa shape index (κ3) is 6.14. The van der Waals surface area contributed by atoms with Gasteiger partial charge in [-0.05, 0) is 26.0 Å². The summed E-state index contributed by atoms with van der Waals surface area (Å²) in [5.41, 5.74) is 2.14. The minimum atomic E-state index is -0.480. The molecule has 0 aromatic heterocycles. The van der Waals surface area contributed by atoms with Crippen molar-refractivity contribution in [1.29, 1.82) is 0 Å². The van der Waals surface area contributed by atoms with Crippen LogP contribution >= 0.6 is 0 Å². The van der Waals surface area contributed by atoms with Crippen LogP contribution in [0.2, 0.25) is 0 Å². The van der Waals surface area contributed by atoms with Crippen molar-refractivity contribution in [3.8, 4) is 5.75 Å². The molecule has 1 heterocycles. The molecular weight excluding hydrogens is 350 g/mol. The van der Waals surface area contributed by atoms with Crippen LogP contribution in [0.25, 0.3) is 0 Å². The third-order valence-corrected chi connectivity index (χ3v) is 3.98. The van der Waals surface area contributed by atoms with Crippen molar-refractivity contribution in [3.05, 3.63) is 52.9 Å². The second-order valence-electron chi connectivity index (χ2n) is 5.94. The number of esters is 2. The van der Waals surface area contributed by atoms with Gasteiger partial charge in [-0.15, -0.1) is 0 Å². The molecule has 1 aromatic rings. The molecule has 1 aliphatic rings. The van der Waals surface area contributed by atoms with Crippen molar-refractivity contribution in [1.82, 2.24) is 5.32 Å². The topological polar surface area (TPSA) is 83.1 Å². The number of para-hydroxylation sites is 1. The molecule has 0 spiro atoms. The average Bonchev–Trinajstić information content (AvgIpc) is 2.66. The molecule has 1 aromatic carbocycles. The molecule has 0 amide bonds. The molecule has 0 saturated carbocycles. The second-order valence-corrected chi connectivity index (χ2v) is 5.94. The quantitative estimate of drug-likeness (QED) is 0.524. The standard InChI is InChI=1S/C20H25NO6/c1-14-17(19(22)26-10-9-24-3)13-18(15(2)21-14)20(23)27-12-11-25-16-7-5-4-6-8-16/h4-8,21H,9-13H2,1-3H3. The van der Waals surface area contributed by atoms with Crippen molar-refractivity contribution in [2.45, 2.75) is 20.3 Å². The molecule has 0 unspecified atom stereocenters. The molecule has 0 saturated heterocycles. The number of ether oxygens (including phenoxy) is 4. The Bertz CT molecular complexity index is 723. The van der Waals surface area contributed by atoms with Gasteiger partial charge in [-0.3, -0.25) is 0 Å². The van der Waals surface area contributed by atoms with Crippen LogP contribution in [-0.2, 0) is 23.8 Å². The summed E-state index contributed by atoms with van der Waals surface area (Å²) < 4.78 is 20.8. The lowest BCUT2D eigenvalue weighted by molar-refractivity contribution is -0.140. The molecule has 7 nitrogen and oxygen atoms in total. The van der Waals surface area contributed by atoms with Crippen LogP contribution in [0.15, 0.2) is 52.9 Å². The van der Waals surface area contributed by atoms with Gasteiger partial charge in [-0.2, -0.15) is 0 Å². The normalized spacial score (nSPS) is 13.9. The average molecular weight is 375 g/mol. The van der Waals surface area contributed by atoms with Crippen LogP contribution in [0.3, 0.4) is 0 Å². The molecule has 7 heteroatoms. The Labute approximate surface area is 158 Å². The molecule has 146 valence electrons. The minimum absolute atomic E-state index is 0.112. The van der Waals surface area contributed by atoms with Gasteiger partial charge in [-0.1, -0.05) is 18.2 Å². The number of carbonyl (C=O) groups excluding carboxylic acids is 2. The fourth-order valence-electron chi connectivity index (χ4n) is 2.53. The fourth-order valence-corrected chi connectivity index (χ4v) is 2.53. The van der Waals surface area contributed by atoms with E-state index < -0.39 is 11.9 Å². The maximum Gasteiger partial charge on any atom is 0.336 e. The van der Waals surface area contributed by atoms with E-state index in [1.54, 1.807) is 13.8 Å². The van der Waals surface area contributed by atoms with Crippen LogP contribution in [0.4, 0.5) is 0 Å². The number of benzene rings is 1. The molecule has 0 radical (unpaired) electrons. The van der Waals surface area contributed by atoms with Crippen LogP contribution in [0.5, 0.6) is 5.75 Å². The van der Waals surface area contributed by atoms with E-state index >= 15 is 0 Å². The summed E-state index contributed by atoms with van der Waals surface area (Å²) in [7, 11) is 1.53. The lowest BCUT2D eigenvalue weighted by Gasteiger charge is -2.22. The highest BCUT2D eigenvalue weighted by atomic mass is 16.6. The second kappa shape index (κ2) is 10.4. The molecular formula is C20H25NO6. The Morgan fingerprint density at radius 1 is 0.889 bits per heavy atom. The zero-order valence-electron chi connectivity index (χ0n) is 15.9. The van der Waals surface area contributed by atoms with E-state index in [1.807, 2.05) is 30.3 Å².